The number of hydrogen-bond donors (Lipinski definition) is 2. The van der Waals surface area contributed by atoms with Crippen LogP contribution in [0.3, 0.4) is 0 Å². The maximum atomic E-state index is 12.3. The molecule has 0 heterocycles. The molecule has 1 aromatic rings. The fraction of sp³-hybridized carbons (Fsp3) is 0.538. The van der Waals surface area contributed by atoms with Gasteiger partial charge in [-0.25, -0.2) is 13.1 Å². The van der Waals surface area contributed by atoms with E-state index >= 15 is 0 Å². The van der Waals surface area contributed by atoms with Gasteiger partial charge >= 0.3 is 0 Å². The largest absolute Gasteiger partial charge is 0.326 e. The van der Waals surface area contributed by atoms with E-state index in [1.165, 1.54) is 0 Å². The van der Waals surface area contributed by atoms with E-state index in [9.17, 15) is 8.42 Å². The third-order valence-electron chi connectivity index (χ3n) is 3.49. The molecule has 1 fully saturated rings. The third-order valence-corrected chi connectivity index (χ3v) is 5.62. The summed E-state index contributed by atoms with van der Waals surface area (Å²) in [5.74, 6) is 0. The summed E-state index contributed by atoms with van der Waals surface area (Å²) in [6.07, 6.45) is 3.81. The number of nitrogens with one attached hydrogen (secondary N) is 1. The van der Waals surface area contributed by atoms with Gasteiger partial charge in [-0.3, -0.25) is 0 Å². The summed E-state index contributed by atoms with van der Waals surface area (Å²) in [5, 5.41) is 0.638. The highest BCUT2D eigenvalue weighted by atomic mass is 79.9. The van der Waals surface area contributed by atoms with Crippen LogP contribution in [0.15, 0.2) is 29.2 Å². The monoisotopic (exact) mass is 346 g/mol. The first-order chi connectivity index (χ1) is 9.03. The molecule has 1 aliphatic carbocycles. The smallest absolute Gasteiger partial charge is 0.240 e. The van der Waals surface area contributed by atoms with Crippen LogP contribution in [-0.4, -0.2) is 20.5 Å². The van der Waals surface area contributed by atoms with Crippen LogP contribution in [0.4, 0.5) is 0 Å². The van der Waals surface area contributed by atoms with Gasteiger partial charge in [0.25, 0.3) is 0 Å². The molecule has 0 unspecified atom stereocenters. The van der Waals surface area contributed by atoms with Crippen molar-refractivity contribution >= 4 is 26.0 Å². The molecule has 0 bridgehead atoms. The van der Waals surface area contributed by atoms with Gasteiger partial charge in [0.2, 0.25) is 10.0 Å². The van der Waals surface area contributed by atoms with Crippen molar-refractivity contribution in [3.8, 4) is 0 Å². The lowest BCUT2D eigenvalue weighted by atomic mass is 9.92. The summed E-state index contributed by atoms with van der Waals surface area (Å²) in [7, 11) is -3.48. The van der Waals surface area contributed by atoms with Gasteiger partial charge in [-0.05, 0) is 30.5 Å². The van der Waals surface area contributed by atoms with Crippen molar-refractivity contribution in [2.24, 2.45) is 5.73 Å². The van der Waals surface area contributed by atoms with Crippen LogP contribution < -0.4 is 10.5 Å². The Kier molecular flexibility index (Phi) is 5.00. The summed E-state index contributed by atoms with van der Waals surface area (Å²) in [6, 6.07) is 6.72. The Balaban J connectivity index is 2.17. The lowest BCUT2D eigenvalue weighted by Crippen LogP contribution is -2.49. The summed E-state index contributed by atoms with van der Waals surface area (Å²) >= 11 is 3.33. The minimum absolute atomic E-state index is 0.0807. The van der Waals surface area contributed by atoms with Gasteiger partial charge in [0.05, 0.1) is 4.90 Å². The standard InChI is InChI=1S/C13H19BrN2O2S/c14-9-10-4-3-5-11(8-10)19(17,18)16-13-7-2-1-6-12(13)15/h3-5,8,12-13,16H,1-2,6-7,9,15H2/t12-,13-/m1/s1. The molecular formula is C13H19BrN2O2S. The normalized spacial score (nSPS) is 24.3. The van der Waals surface area contributed by atoms with E-state index in [1.54, 1.807) is 18.2 Å². The first-order valence-corrected chi connectivity index (χ1v) is 9.06. The zero-order valence-electron chi connectivity index (χ0n) is 10.7. The summed E-state index contributed by atoms with van der Waals surface area (Å²) in [4.78, 5) is 0.308. The summed E-state index contributed by atoms with van der Waals surface area (Å²) < 4.78 is 27.4. The Morgan fingerprint density at radius 2 is 2.05 bits per heavy atom. The Hall–Kier alpha value is -0.430. The van der Waals surface area contributed by atoms with E-state index in [-0.39, 0.29) is 12.1 Å². The number of benzene rings is 1. The Labute approximate surface area is 122 Å². The second-order valence-electron chi connectivity index (χ2n) is 4.96. The van der Waals surface area contributed by atoms with E-state index in [2.05, 4.69) is 20.7 Å². The molecule has 0 radical (unpaired) electrons. The topological polar surface area (TPSA) is 72.2 Å². The maximum absolute atomic E-state index is 12.3. The van der Waals surface area contributed by atoms with Gasteiger partial charge in [-0.15, -0.1) is 0 Å². The molecule has 4 nitrogen and oxygen atoms in total. The molecule has 2 rings (SSSR count). The van der Waals surface area contributed by atoms with Gasteiger partial charge in [0.1, 0.15) is 0 Å². The molecule has 0 aromatic heterocycles. The van der Waals surface area contributed by atoms with Gasteiger partial charge in [-0.1, -0.05) is 40.9 Å². The van der Waals surface area contributed by atoms with Crippen LogP contribution in [0.1, 0.15) is 31.2 Å². The van der Waals surface area contributed by atoms with E-state index in [1.807, 2.05) is 6.07 Å². The lowest BCUT2D eigenvalue weighted by molar-refractivity contribution is 0.361. The van der Waals surface area contributed by atoms with Crippen molar-refractivity contribution in [2.45, 2.75) is 48.0 Å². The minimum atomic E-state index is -3.48. The first-order valence-electron chi connectivity index (χ1n) is 6.46. The van der Waals surface area contributed by atoms with Crippen LogP contribution in [0.25, 0.3) is 0 Å². The molecule has 0 saturated heterocycles. The molecule has 0 spiro atoms. The molecule has 1 aromatic carbocycles. The number of alkyl halides is 1. The summed E-state index contributed by atoms with van der Waals surface area (Å²) in [6.45, 7) is 0. The molecule has 19 heavy (non-hydrogen) atoms. The SMILES string of the molecule is N[C@@H]1CCCC[C@H]1NS(=O)(=O)c1cccc(CBr)c1. The molecule has 106 valence electrons. The van der Waals surface area contributed by atoms with E-state index in [0.29, 0.717) is 10.2 Å². The molecule has 0 aliphatic heterocycles. The number of nitrogens with two attached hydrogens (primary N) is 1. The maximum Gasteiger partial charge on any atom is 0.240 e. The average molecular weight is 347 g/mol. The zero-order chi connectivity index (χ0) is 13.9. The average Bonchev–Trinajstić information content (AvgIpc) is 2.41. The van der Waals surface area contributed by atoms with Gasteiger partial charge in [0, 0.05) is 17.4 Å². The van der Waals surface area contributed by atoms with Crippen LogP contribution >= 0.6 is 15.9 Å². The van der Waals surface area contributed by atoms with Crippen LogP contribution in [0, 0.1) is 0 Å². The Morgan fingerprint density at radius 1 is 1.32 bits per heavy atom. The Morgan fingerprint density at radius 3 is 2.74 bits per heavy atom. The number of rotatable bonds is 4. The predicted octanol–water partition coefficient (Wildman–Crippen LogP) is 2.13. The molecule has 0 amide bonds. The Bertz CT molecular complexity index is 533. The fourth-order valence-electron chi connectivity index (χ4n) is 2.37. The number of halogens is 1. The minimum Gasteiger partial charge on any atom is -0.326 e. The van der Waals surface area contributed by atoms with Crippen molar-refractivity contribution in [3.05, 3.63) is 29.8 Å². The fourth-order valence-corrected chi connectivity index (χ4v) is 4.11. The second kappa shape index (κ2) is 6.35. The van der Waals surface area contributed by atoms with Crippen molar-refractivity contribution < 1.29 is 8.42 Å². The molecule has 6 heteroatoms. The van der Waals surface area contributed by atoms with E-state index < -0.39 is 10.0 Å². The quantitative estimate of drug-likeness (QED) is 0.820. The van der Waals surface area contributed by atoms with Crippen molar-refractivity contribution in [1.82, 2.24) is 4.72 Å². The third kappa shape index (κ3) is 3.78. The molecule has 1 aliphatic rings. The van der Waals surface area contributed by atoms with Crippen LogP contribution in [0.2, 0.25) is 0 Å². The van der Waals surface area contributed by atoms with Gasteiger partial charge in [0.15, 0.2) is 0 Å². The van der Waals surface area contributed by atoms with E-state index in [0.717, 1.165) is 31.2 Å². The van der Waals surface area contributed by atoms with Crippen molar-refractivity contribution in [1.29, 1.82) is 0 Å². The van der Waals surface area contributed by atoms with Crippen molar-refractivity contribution in [3.63, 3.8) is 0 Å². The van der Waals surface area contributed by atoms with Crippen LogP contribution in [-0.2, 0) is 15.4 Å². The highest BCUT2D eigenvalue weighted by Crippen LogP contribution is 2.20. The van der Waals surface area contributed by atoms with Gasteiger partial charge < -0.3 is 5.73 Å². The first kappa shape index (κ1) is 15.0. The zero-order valence-corrected chi connectivity index (χ0v) is 13.1. The molecular weight excluding hydrogens is 328 g/mol. The lowest BCUT2D eigenvalue weighted by Gasteiger charge is -2.29. The summed E-state index contributed by atoms with van der Waals surface area (Å²) in [5.41, 5.74) is 6.93. The number of hydrogen-bond acceptors (Lipinski definition) is 3. The van der Waals surface area contributed by atoms with E-state index in [4.69, 9.17) is 5.73 Å². The van der Waals surface area contributed by atoms with Gasteiger partial charge in [-0.2, -0.15) is 0 Å². The molecule has 3 N–H and O–H groups in total. The van der Waals surface area contributed by atoms with Crippen LogP contribution in [0.5, 0.6) is 0 Å². The highest BCUT2D eigenvalue weighted by molar-refractivity contribution is 9.08. The highest BCUT2D eigenvalue weighted by Gasteiger charge is 2.27. The predicted molar refractivity (Wildman–Crippen MR) is 79.6 cm³/mol. The second-order valence-corrected chi connectivity index (χ2v) is 7.23. The molecule has 2 atom stereocenters. The number of sulfonamides is 1. The molecule has 1 saturated carbocycles. The van der Waals surface area contributed by atoms with Crippen molar-refractivity contribution in [2.75, 3.05) is 0 Å².